The maximum atomic E-state index is 12.6. The minimum absolute atomic E-state index is 0.00745. The Balaban J connectivity index is 0.972. The molecular formula is C38H48BrN7O5. The summed E-state index contributed by atoms with van der Waals surface area (Å²) in [4.78, 5) is 24.4. The summed E-state index contributed by atoms with van der Waals surface area (Å²) in [6.07, 6.45) is 8.10. The van der Waals surface area contributed by atoms with Gasteiger partial charge < -0.3 is 44.8 Å². The molecule has 2 aromatic carbocycles. The maximum Gasteiger partial charge on any atom is 0.224 e. The predicted molar refractivity (Wildman–Crippen MR) is 201 cm³/mol. The van der Waals surface area contributed by atoms with E-state index in [4.69, 9.17) is 29.7 Å². The van der Waals surface area contributed by atoms with Crippen molar-refractivity contribution in [1.29, 1.82) is 0 Å². The number of rotatable bonds is 13. The van der Waals surface area contributed by atoms with Crippen LogP contribution in [0.15, 0.2) is 59.5 Å². The molecule has 0 bridgehead atoms. The smallest absolute Gasteiger partial charge is 0.224 e. The molecule has 0 unspecified atom stereocenters. The summed E-state index contributed by atoms with van der Waals surface area (Å²) in [5.74, 6) is 2.45. The van der Waals surface area contributed by atoms with Gasteiger partial charge in [-0.25, -0.2) is 9.97 Å². The zero-order valence-corrected chi connectivity index (χ0v) is 31.5. The second kappa shape index (κ2) is 14.6. The van der Waals surface area contributed by atoms with E-state index in [0.29, 0.717) is 42.2 Å². The van der Waals surface area contributed by atoms with E-state index in [0.717, 1.165) is 70.6 Å². The van der Waals surface area contributed by atoms with Crippen molar-refractivity contribution in [2.75, 3.05) is 44.2 Å². The number of nitrogens with zero attached hydrogens (tertiary/aromatic N) is 4. The number of hydrogen-bond acceptors (Lipinski definition) is 10. The SMILES string of the molecule is COc1ccc(CNc2ncnc3c2ccn3[C@@H]2C[C@H](CN(C)C3CC(CCC(=O)Nc4ccc(Br)cc4N)C3)[C@H]3OC(C)(C)O[C@H]32)c(OC)c1. The fourth-order valence-electron chi connectivity index (χ4n) is 8.07. The average molecular weight is 763 g/mol. The molecule has 4 N–H and O–H groups in total. The van der Waals surface area contributed by atoms with Crippen LogP contribution in [0.25, 0.3) is 11.0 Å². The zero-order valence-electron chi connectivity index (χ0n) is 29.9. The van der Waals surface area contributed by atoms with E-state index in [9.17, 15) is 4.79 Å². The van der Waals surface area contributed by atoms with E-state index in [-0.39, 0.29) is 24.2 Å². The molecule has 0 spiro atoms. The normalized spacial score (nSPS) is 25.1. The molecule has 4 atom stereocenters. The molecule has 2 aliphatic carbocycles. The minimum Gasteiger partial charge on any atom is -0.497 e. The van der Waals surface area contributed by atoms with Crippen LogP contribution in [0.5, 0.6) is 11.5 Å². The summed E-state index contributed by atoms with van der Waals surface area (Å²) < 4.78 is 27.3. The van der Waals surface area contributed by atoms with Gasteiger partial charge in [0.15, 0.2) is 5.79 Å². The summed E-state index contributed by atoms with van der Waals surface area (Å²) in [6.45, 7) is 5.47. The molecule has 0 radical (unpaired) electrons. The summed E-state index contributed by atoms with van der Waals surface area (Å²) >= 11 is 3.41. The van der Waals surface area contributed by atoms with E-state index in [1.54, 1.807) is 26.6 Å². The van der Waals surface area contributed by atoms with E-state index in [1.165, 1.54) is 0 Å². The third kappa shape index (κ3) is 7.53. The largest absolute Gasteiger partial charge is 0.497 e. The number of benzene rings is 2. The van der Waals surface area contributed by atoms with Crippen LogP contribution >= 0.6 is 15.9 Å². The van der Waals surface area contributed by atoms with E-state index >= 15 is 0 Å². The number of hydrogen-bond donors (Lipinski definition) is 3. The van der Waals surface area contributed by atoms with Crippen LogP contribution in [-0.4, -0.2) is 77.2 Å². The highest BCUT2D eigenvalue weighted by Crippen LogP contribution is 2.48. The first-order valence-electron chi connectivity index (χ1n) is 17.7. The average Bonchev–Trinajstić information content (AvgIpc) is 3.75. The first-order valence-corrected chi connectivity index (χ1v) is 18.5. The molecule has 13 heteroatoms. The quantitative estimate of drug-likeness (QED) is 0.128. The van der Waals surface area contributed by atoms with Crippen molar-refractivity contribution in [2.45, 2.75) is 82.6 Å². The molecule has 7 rings (SSSR count). The Bertz CT molecular complexity index is 1880. The zero-order chi connectivity index (χ0) is 35.9. The second-order valence-corrected chi connectivity index (χ2v) is 15.5. The Kier molecular flexibility index (Phi) is 10.2. The number of ether oxygens (including phenoxy) is 4. The first-order chi connectivity index (χ1) is 24.5. The number of fused-ring (bicyclic) bond motifs is 2. The highest BCUT2D eigenvalue weighted by Gasteiger charge is 2.55. The Morgan fingerprint density at radius 1 is 1.08 bits per heavy atom. The van der Waals surface area contributed by atoms with Crippen molar-refractivity contribution >= 4 is 50.1 Å². The number of carbonyl (C=O) groups is 1. The van der Waals surface area contributed by atoms with Gasteiger partial charge in [0.25, 0.3) is 0 Å². The van der Waals surface area contributed by atoms with Gasteiger partial charge in [-0.05, 0) is 88.9 Å². The van der Waals surface area contributed by atoms with Gasteiger partial charge in [0, 0.05) is 53.8 Å². The minimum atomic E-state index is -0.657. The highest BCUT2D eigenvalue weighted by molar-refractivity contribution is 9.10. The van der Waals surface area contributed by atoms with Gasteiger partial charge in [0.2, 0.25) is 5.91 Å². The van der Waals surface area contributed by atoms with Crippen molar-refractivity contribution in [3.63, 3.8) is 0 Å². The number of nitrogen functional groups attached to an aromatic ring is 1. The lowest BCUT2D eigenvalue weighted by atomic mass is 9.76. The number of anilines is 3. The van der Waals surface area contributed by atoms with Crippen LogP contribution in [0.1, 0.15) is 57.6 Å². The van der Waals surface area contributed by atoms with Crippen LogP contribution in [0.4, 0.5) is 17.2 Å². The third-order valence-corrected chi connectivity index (χ3v) is 11.3. The van der Waals surface area contributed by atoms with Crippen LogP contribution in [0.2, 0.25) is 0 Å². The molecule has 51 heavy (non-hydrogen) atoms. The van der Waals surface area contributed by atoms with Crippen LogP contribution in [-0.2, 0) is 20.8 Å². The molecule has 1 aliphatic heterocycles. The Morgan fingerprint density at radius 2 is 1.88 bits per heavy atom. The molecule has 3 heterocycles. The van der Waals surface area contributed by atoms with E-state index in [1.807, 2.05) is 44.2 Å². The summed E-state index contributed by atoms with van der Waals surface area (Å²) in [5.41, 5.74) is 9.14. The van der Waals surface area contributed by atoms with Crippen LogP contribution in [0.3, 0.4) is 0 Å². The van der Waals surface area contributed by atoms with Crippen molar-refractivity contribution in [3.05, 3.63) is 65.0 Å². The summed E-state index contributed by atoms with van der Waals surface area (Å²) in [5, 5.41) is 7.41. The van der Waals surface area contributed by atoms with Crippen LogP contribution < -0.4 is 25.8 Å². The molecule has 3 aliphatic rings. The number of nitrogens with two attached hydrogens (primary N) is 1. The fraction of sp³-hybridized carbons (Fsp3) is 0.500. The predicted octanol–water partition coefficient (Wildman–Crippen LogP) is 6.62. The molecule has 272 valence electrons. The Labute approximate surface area is 307 Å². The highest BCUT2D eigenvalue weighted by atomic mass is 79.9. The molecular weight excluding hydrogens is 714 g/mol. The standard InChI is InChI=1S/C38H48BrN7O5/c1-38(2)50-34-24(20-45(3)26-14-22(15-26)6-11-33(47)44-30-10-8-25(39)17-29(30)40)16-31(35(34)51-38)46-13-12-28-36(42-21-43-37(28)46)41-19-23-7-9-27(48-4)18-32(23)49-5/h7-10,12-13,17-18,21-22,24,26,31,34-35H,6,11,14-16,19-20,40H2,1-5H3,(H,44,47)(H,41,42,43)/t22?,24-,26?,31-,34-,35+/m1/s1. The van der Waals surface area contributed by atoms with Crippen molar-refractivity contribution in [2.24, 2.45) is 11.8 Å². The Hall–Kier alpha value is -3.91. The fourth-order valence-corrected chi connectivity index (χ4v) is 8.45. The topological polar surface area (TPSA) is 138 Å². The first kappa shape index (κ1) is 35.5. The second-order valence-electron chi connectivity index (χ2n) is 14.6. The number of carbonyl (C=O) groups excluding carboxylic acids is 1. The molecule has 4 aromatic rings. The van der Waals surface area contributed by atoms with Gasteiger partial charge in [-0.15, -0.1) is 0 Å². The number of methoxy groups -OCH3 is 2. The molecule has 1 saturated heterocycles. The molecule has 1 amide bonds. The summed E-state index contributed by atoms with van der Waals surface area (Å²) in [7, 11) is 5.53. The number of halogens is 1. The number of nitrogens with one attached hydrogen (secondary N) is 2. The van der Waals surface area contributed by atoms with Gasteiger partial charge in [-0.2, -0.15) is 0 Å². The van der Waals surface area contributed by atoms with Gasteiger partial charge >= 0.3 is 0 Å². The van der Waals surface area contributed by atoms with Crippen molar-refractivity contribution in [1.82, 2.24) is 19.4 Å². The number of aromatic nitrogens is 3. The lowest BCUT2D eigenvalue weighted by Crippen LogP contribution is -2.46. The lowest BCUT2D eigenvalue weighted by molar-refractivity contribution is -0.161. The van der Waals surface area contributed by atoms with E-state index in [2.05, 4.69) is 60.3 Å². The van der Waals surface area contributed by atoms with Crippen molar-refractivity contribution in [3.8, 4) is 11.5 Å². The van der Waals surface area contributed by atoms with Crippen molar-refractivity contribution < 1.29 is 23.7 Å². The monoisotopic (exact) mass is 761 g/mol. The molecule has 3 fully saturated rings. The van der Waals surface area contributed by atoms with E-state index < -0.39 is 5.79 Å². The number of amides is 1. The molecule has 2 aromatic heterocycles. The molecule has 2 saturated carbocycles. The van der Waals surface area contributed by atoms with Crippen LogP contribution in [0, 0.1) is 11.8 Å². The molecule has 12 nitrogen and oxygen atoms in total. The maximum absolute atomic E-state index is 12.6. The lowest BCUT2D eigenvalue weighted by Gasteiger charge is -2.42. The van der Waals surface area contributed by atoms with Gasteiger partial charge in [-0.3, -0.25) is 4.79 Å². The summed E-state index contributed by atoms with van der Waals surface area (Å²) in [6, 6.07) is 14.0. The third-order valence-electron chi connectivity index (χ3n) is 10.8. The van der Waals surface area contributed by atoms with Gasteiger partial charge in [-0.1, -0.05) is 15.9 Å². The van der Waals surface area contributed by atoms with Gasteiger partial charge in [0.1, 0.15) is 35.4 Å². The Morgan fingerprint density at radius 3 is 2.65 bits per heavy atom. The van der Waals surface area contributed by atoms with Gasteiger partial charge in [0.05, 0.1) is 43.1 Å².